The van der Waals surface area contributed by atoms with Crippen molar-refractivity contribution in [3.8, 4) is 0 Å². The van der Waals surface area contributed by atoms with Crippen LogP contribution in [0, 0.1) is 0 Å². The lowest BCUT2D eigenvalue weighted by molar-refractivity contribution is 0.0926. The van der Waals surface area contributed by atoms with E-state index in [9.17, 15) is 9.59 Å². The second-order valence-corrected chi connectivity index (χ2v) is 10.1. The van der Waals surface area contributed by atoms with E-state index >= 15 is 0 Å². The van der Waals surface area contributed by atoms with Gasteiger partial charge in [-0.2, -0.15) is 5.10 Å². The average molecular weight is 535 g/mol. The maximum Gasteiger partial charge on any atom is 0.276 e. The molecule has 13 heteroatoms. The first-order valence-corrected chi connectivity index (χ1v) is 13.0. The van der Waals surface area contributed by atoms with Gasteiger partial charge in [-0.15, -0.1) is 5.10 Å². The number of imidazole rings is 1. The van der Waals surface area contributed by atoms with Crippen molar-refractivity contribution in [3.05, 3.63) is 59.4 Å². The first-order chi connectivity index (χ1) is 18.5. The van der Waals surface area contributed by atoms with Crippen LogP contribution in [0.2, 0.25) is 5.15 Å². The number of hydrogen-bond acceptors (Lipinski definition) is 8. The number of hydrogen-bond donors (Lipinski definition) is 5. The van der Waals surface area contributed by atoms with Gasteiger partial charge in [-0.05, 0) is 50.7 Å². The van der Waals surface area contributed by atoms with Crippen molar-refractivity contribution < 1.29 is 9.59 Å². The summed E-state index contributed by atoms with van der Waals surface area (Å²) in [5, 5.41) is 24.5. The summed E-state index contributed by atoms with van der Waals surface area (Å²) >= 11 is 5.96. The molecule has 0 spiro atoms. The Morgan fingerprint density at radius 3 is 2.45 bits per heavy atom. The molecule has 6 rings (SSSR count). The average Bonchev–Trinajstić information content (AvgIpc) is 3.36. The van der Waals surface area contributed by atoms with Crippen LogP contribution >= 0.6 is 11.6 Å². The number of carbonyl (C=O) groups excluding carboxylic acids is 2. The maximum atomic E-state index is 13.1. The fourth-order valence-corrected chi connectivity index (χ4v) is 4.83. The minimum Gasteiger partial charge on any atom is -0.379 e. The number of H-pyrrole nitrogens is 1. The predicted octanol–water partition coefficient (Wildman–Crippen LogP) is 3.48. The molecule has 0 atom stereocenters. The van der Waals surface area contributed by atoms with Gasteiger partial charge in [0, 0.05) is 42.3 Å². The molecule has 0 aromatic carbocycles. The molecule has 0 saturated heterocycles. The summed E-state index contributed by atoms with van der Waals surface area (Å²) in [6, 6.07) is 5.91. The molecule has 0 unspecified atom stereocenters. The molecular weight excluding hydrogens is 508 g/mol. The van der Waals surface area contributed by atoms with Crippen molar-refractivity contribution in [1.29, 1.82) is 0 Å². The molecule has 0 bridgehead atoms. The number of aromatic nitrogens is 6. The zero-order valence-electron chi connectivity index (χ0n) is 20.4. The van der Waals surface area contributed by atoms with E-state index in [0.29, 0.717) is 34.5 Å². The number of nitrogens with one attached hydrogen (secondary N) is 5. The molecule has 2 aliphatic rings. The summed E-state index contributed by atoms with van der Waals surface area (Å²) in [6.45, 7) is 0. The van der Waals surface area contributed by atoms with Gasteiger partial charge in [-0.25, -0.2) is 14.5 Å². The number of aromatic amines is 1. The summed E-state index contributed by atoms with van der Waals surface area (Å²) in [7, 11) is 0. The van der Waals surface area contributed by atoms with Gasteiger partial charge in [-0.3, -0.25) is 14.7 Å². The first-order valence-electron chi connectivity index (χ1n) is 12.7. The van der Waals surface area contributed by atoms with Gasteiger partial charge in [0.25, 0.3) is 11.8 Å². The number of carbonyl (C=O) groups is 2. The Labute approximate surface area is 223 Å². The van der Waals surface area contributed by atoms with Crippen LogP contribution in [0.4, 0.5) is 17.2 Å². The molecule has 4 heterocycles. The van der Waals surface area contributed by atoms with Crippen LogP contribution < -0.4 is 21.3 Å². The highest BCUT2D eigenvalue weighted by atomic mass is 35.5. The second-order valence-electron chi connectivity index (χ2n) is 9.72. The van der Waals surface area contributed by atoms with Crippen molar-refractivity contribution in [2.24, 2.45) is 0 Å². The molecule has 38 heavy (non-hydrogen) atoms. The van der Waals surface area contributed by atoms with E-state index in [2.05, 4.69) is 41.4 Å². The molecule has 4 aromatic rings. The third-order valence-electron chi connectivity index (χ3n) is 6.80. The van der Waals surface area contributed by atoms with E-state index < -0.39 is 0 Å². The zero-order chi connectivity index (χ0) is 26.1. The van der Waals surface area contributed by atoms with Crippen LogP contribution in [0.15, 0.2) is 43.0 Å². The lowest BCUT2D eigenvalue weighted by Gasteiger charge is -2.30. The van der Waals surface area contributed by atoms with E-state index in [4.69, 9.17) is 16.7 Å². The number of nitrogens with zero attached hydrogens (tertiary/aromatic N) is 5. The fraction of sp³-hybridized carbons (Fsp3) is 0.360. The number of anilines is 3. The SMILES string of the molecule is O=C(NC1CCC(Nc2cc(NC3CC3)c3ncc(C(=O)Nc4ccnc(Cl)c4)n3n2)CC1)c1cn[nH]c1. The largest absolute Gasteiger partial charge is 0.379 e. The van der Waals surface area contributed by atoms with Crippen molar-refractivity contribution in [2.45, 2.75) is 56.7 Å². The highest BCUT2D eigenvalue weighted by molar-refractivity contribution is 6.29. The van der Waals surface area contributed by atoms with Gasteiger partial charge >= 0.3 is 0 Å². The van der Waals surface area contributed by atoms with Crippen LogP contribution in [0.1, 0.15) is 59.4 Å². The van der Waals surface area contributed by atoms with Gasteiger partial charge in [-0.1, -0.05) is 11.6 Å². The first kappa shape index (κ1) is 24.2. The lowest BCUT2D eigenvalue weighted by atomic mass is 9.91. The number of rotatable bonds is 8. The normalized spacial score (nSPS) is 19.2. The van der Waals surface area contributed by atoms with Crippen LogP contribution in [0.25, 0.3) is 5.65 Å². The Balaban J connectivity index is 1.17. The third kappa shape index (κ3) is 5.40. The van der Waals surface area contributed by atoms with Gasteiger partial charge < -0.3 is 21.3 Å². The lowest BCUT2D eigenvalue weighted by Crippen LogP contribution is -2.40. The molecule has 5 N–H and O–H groups in total. The van der Waals surface area contributed by atoms with Crippen molar-refractivity contribution >= 4 is 46.3 Å². The Kier molecular flexibility index (Phi) is 6.54. The minimum absolute atomic E-state index is 0.113. The van der Waals surface area contributed by atoms with Gasteiger partial charge in [0.05, 0.1) is 23.6 Å². The molecule has 2 aliphatic carbocycles. The summed E-state index contributed by atoms with van der Waals surface area (Å²) in [4.78, 5) is 33.9. The zero-order valence-corrected chi connectivity index (χ0v) is 21.2. The number of amides is 2. The number of halogens is 1. The topological polar surface area (TPSA) is 154 Å². The van der Waals surface area contributed by atoms with Gasteiger partial charge in [0.2, 0.25) is 0 Å². The Morgan fingerprint density at radius 2 is 1.71 bits per heavy atom. The van der Waals surface area contributed by atoms with Crippen LogP contribution in [0.3, 0.4) is 0 Å². The molecule has 2 fully saturated rings. The fourth-order valence-electron chi connectivity index (χ4n) is 4.66. The van der Waals surface area contributed by atoms with Gasteiger partial charge in [0.15, 0.2) is 11.3 Å². The molecule has 2 amide bonds. The highest BCUT2D eigenvalue weighted by Gasteiger charge is 2.26. The van der Waals surface area contributed by atoms with Crippen LogP contribution in [0.5, 0.6) is 0 Å². The van der Waals surface area contributed by atoms with Crippen LogP contribution in [-0.2, 0) is 0 Å². The van der Waals surface area contributed by atoms with Crippen molar-refractivity contribution in [2.75, 3.05) is 16.0 Å². The molecule has 0 radical (unpaired) electrons. The molecule has 2 saturated carbocycles. The van der Waals surface area contributed by atoms with Crippen molar-refractivity contribution in [1.82, 2.24) is 35.1 Å². The van der Waals surface area contributed by atoms with E-state index in [1.807, 2.05) is 6.07 Å². The summed E-state index contributed by atoms with van der Waals surface area (Å²) in [5.41, 5.74) is 2.79. The third-order valence-corrected chi connectivity index (χ3v) is 7.00. The van der Waals surface area contributed by atoms with E-state index in [1.54, 1.807) is 22.8 Å². The Morgan fingerprint density at radius 1 is 0.947 bits per heavy atom. The van der Waals surface area contributed by atoms with Crippen molar-refractivity contribution in [3.63, 3.8) is 0 Å². The Bertz CT molecular complexity index is 1460. The molecule has 12 nitrogen and oxygen atoms in total. The highest BCUT2D eigenvalue weighted by Crippen LogP contribution is 2.30. The molecule has 196 valence electrons. The minimum atomic E-state index is -0.351. The second kappa shape index (κ2) is 10.3. The maximum absolute atomic E-state index is 13.1. The standard InChI is InChI=1S/C25H27ClN10O2/c26-21-9-18(7-8-27-21)34-25(38)20-13-28-23-19(31-15-1-2-15)10-22(35-36(20)23)32-16-3-5-17(6-4-16)33-24(37)14-11-29-30-12-14/h7-13,15-17,31H,1-6H2,(H,29,30)(H,32,35)(H,33,37)(H,27,34,38). The summed E-state index contributed by atoms with van der Waals surface area (Å²) in [5.74, 6) is 0.194. The molecule has 0 aliphatic heterocycles. The van der Waals surface area contributed by atoms with E-state index in [-0.39, 0.29) is 29.1 Å². The predicted molar refractivity (Wildman–Crippen MR) is 143 cm³/mol. The quantitative estimate of drug-likeness (QED) is 0.215. The van der Waals surface area contributed by atoms with E-state index in [1.165, 1.54) is 18.6 Å². The summed E-state index contributed by atoms with van der Waals surface area (Å²) in [6.07, 6.45) is 11.8. The monoisotopic (exact) mass is 534 g/mol. The molecule has 4 aromatic heterocycles. The van der Waals surface area contributed by atoms with E-state index in [0.717, 1.165) is 44.2 Å². The van der Waals surface area contributed by atoms with Gasteiger partial charge in [0.1, 0.15) is 11.0 Å². The number of pyridine rings is 1. The smallest absolute Gasteiger partial charge is 0.276 e. The van der Waals surface area contributed by atoms with Crippen LogP contribution in [-0.4, -0.2) is 59.7 Å². The molecular formula is C25H27ClN10O2. The summed E-state index contributed by atoms with van der Waals surface area (Å²) < 4.78 is 1.57. The Hall–Kier alpha value is -4.19. The number of fused-ring (bicyclic) bond motifs is 1.